The first-order valence-electron chi connectivity index (χ1n) is 7.52. The van der Waals surface area contributed by atoms with E-state index >= 15 is 0 Å². The SMILES string of the molecule is Cc1ccc(NC(=O)NC(=O)CN2CCC(O)CC2)cc1C. The second-order valence-electron chi connectivity index (χ2n) is 5.81. The number of likely N-dealkylation sites (tertiary alicyclic amines) is 1. The lowest BCUT2D eigenvalue weighted by atomic mass is 10.1. The van der Waals surface area contributed by atoms with Crippen LogP contribution < -0.4 is 10.6 Å². The molecule has 0 bridgehead atoms. The minimum atomic E-state index is -0.523. The van der Waals surface area contributed by atoms with Gasteiger partial charge < -0.3 is 10.4 Å². The summed E-state index contributed by atoms with van der Waals surface area (Å²) in [5.41, 5.74) is 2.89. The molecule has 1 aliphatic rings. The fraction of sp³-hybridized carbons (Fsp3) is 0.500. The van der Waals surface area contributed by atoms with Crippen LogP contribution in [0.3, 0.4) is 0 Å². The molecule has 1 fully saturated rings. The molecule has 2 rings (SSSR count). The first-order chi connectivity index (χ1) is 10.4. The Labute approximate surface area is 130 Å². The van der Waals surface area contributed by atoms with E-state index in [2.05, 4.69) is 10.6 Å². The van der Waals surface area contributed by atoms with Crippen molar-refractivity contribution in [1.82, 2.24) is 10.2 Å². The average Bonchev–Trinajstić information content (AvgIpc) is 2.45. The van der Waals surface area contributed by atoms with Gasteiger partial charge in [-0.1, -0.05) is 6.07 Å². The highest BCUT2D eigenvalue weighted by atomic mass is 16.3. The molecule has 6 heteroatoms. The van der Waals surface area contributed by atoms with Crippen molar-refractivity contribution in [3.8, 4) is 0 Å². The van der Waals surface area contributed by atoms with E-state index in [1.807, 2.05) is 30.9 Å². The summed E-state index contributed by atoms with van der Waals surface area (Å²) in [6.45, 7) is 5.49. The lowest BCUT2D eigenvalue weighted by Crippen LogP contribution is -2.45. The summed E-state index contributed by atoms with van der Waals surface area (Å²) < 4.78 is 0. The van der Waals surface area contributed by atoms with Crippen molar-refractivity contribution in [3.05, 3.63) is 29.3 Å². The van der Waals surface area contributed by atoms with E-state index in [1.165, 1.54) is 0 Å². The van der Waals surface area contributed by atoms with E-state index in [0.29, 0.717) is 31.6 Å². The average molecular weight is 305 g/mol. The number of nitrogens with zero attached hydrogens (tertiary/aromatic N) is 1. The molecule has 0 saturated carbocycles. The van der Waals surface area contributed by atoms with Crippen molar-refractivity contribution in [2.24, 2.45) is 0 Å². The molecule has 1 aromatic rings. The molecule has 6 nitrogen and oxygen atoms in total. The number of benzene rings is 1. The number of hydrogen-bond donors (Lipinski definition) is 3. The Kier molecular flexibility index (Phi) is 5.51. The summed E-state index contributed by atoms with van der Waals surface area (Å²) in [6.07, 6.45) is 1.07. The van der Waals surface area contributed by atoms with E-state index in [9.17, 15) is 14.7 Å². The molecule has 3 amide bonds. The normalized spacial score (nSPS) is 16.3. The van der Waals surface area contributed by atoms with Gasteiger partial charge in [0.2, 0.25) is 5.91 Å². The number of nitrogens with one attached hydrogen (secondary N) is 2. The number of imide groups is 1. The zero-order valence-electron chi connectivity index (χ0n) is 13.1. The number of aliphatic hydroxyl groups is 1. The molecule has 0 unspecified atom stereocenters. The Bertz CT molecular complexity index is 552. The van der Waals surface area contributed by atoms with Crippen LogP contribution in [-0.4, -0.2) is 47.7 Å². The number of aryl methyl sites for hydroxylation is 2. The van der Waals surface area contributed by atoms with Crippen molar-refractivity contribution in [2.45, 2.75) is 32.8 Å². The smallest absolute Gasteiger partial charge is 0.325 e. The Morgan fingerprint density at radius 1 is 1.23 bits per heavy atom. The van der Waals surface area contributed by atoms with Gasteiger partial charge in [0, 0.05) is 18.8 Å². The van der Waals surface area contributed by atoms with Crippen LogP contribution in [0.1, 0.15) is 24.0 Å². The Morgan fingerprint density at radius 2 is 1.91 bits per heavy atom. The number of carbonyl (C=O) groups is 2. The molecule has 3 N–H and O–H groups in total. The topological polar surface area (TPSA) is 81.7 Å². The zero-order valence-corrected chi connectivity index (χ0v) is 13.1. The van der Waals surface area contributed by atoms with Gasteiger partial charge in [0.25, 0.3) is 0 Å². The van der Waals surface area contributed by atoms with Gasteiger partial charge in [-0.15, -0.1) is 0 Å². The van der Waals surface area contributed by atoms with Crippen LogP contribution in [-0.2, 0) is 4.79 Å². The van der Waals surface area contributed by atoms with Crippen LogP contribution in [0, 0.1) is 13.8 Å². The summed E-state index contributed by atoms with van der Waals surface area (Å²) in [5, 5.41) is 14.4. The number of hydrogen-bond acceptors (Lipinski definition) is 4. The molecule has 120 valence electrons. The van der Waals surface area contributed by atoms with Crippen LogP contribution in [0.25, 0.3) is 0 Å². The lowest BCUT2D eigenvalue weighted by molar-refractivity contribution is -0.121. The lowest BCUT2D eigenvalue weighted by Gasteiger charge is -2.28. The highest BCUT2D eigenvalue weighted by Gasteiger charge is 2.19. The third-order valence-electron chi connectivity index (χ3n) is 3.94. The zero-order chi connectivity index (χ0) is 16.1. The standard InChI is InChI=1S/C16H23N3O3/c1-11-3-4-13(9-12(11)2)17-16(22)18-15(21)10-19-7-5-14(20)6-8-19/h3-4,9,14,20H,5-8,10H2,1-2H3,(H2,17,18,21,22). The third kappa shape index (κ3) is 4.82. The first-order valence-corrected chi connectivity index (χ1v) is 7.52. The quantitative estimate of drug-likeness (QED) is 0.788. The molecule has 1 aromatic carbocycles. The molecule has 0 spiro atoms. The molecular weight excluding hydrogens is 282 g/mol. The molecule has 0 radical (unpaired) electrons. The van der Waals surface area contributed by atoms with Gasteiger partial charge >= 0.3 is 6.03 Å². The maximum atomic E-state index is 11.8. The van der Waals surface area contributed by atoms with Crippen molar-refractivity contribution in [2.75, 3.05) is 25.0 Å². The molecule has 22 heavy (non-hydrogen) atoms. The molecular formula is C16H23N3O3. The van der Waals surface area contributed by atoms with Gasteiger partial charge in [0.05, 0.1) is 12.6 Å². The number of carbonyl (C=O) groups excluding carboxylic acids is 2. The molecule has 1 saturated heterocycles. The Balaban J connectivity index is 1.78. The van der Waals surface area contributed by atoms with Crippen molar-refractivity contribution < 1.29 is 14.7 Å². The van der Waals surface area contributed by atoms with E-state index in [1.54, 1.807) is 6.07 Å². The van der Waals surface area contributed by atoms with Crippen LogP contribution >= 0.6 is 0 Å². The summed E-state index contributed by atoms with van der Waals surface area (Å²) in [6, 6.07) is 5.07. The summed E-state index contributed by atoms with van der Waals surface area (Å²) >= 11 is 0. The van der Waals surface area contributed by atoms with Crippen LogP contribution in [0.15, 0.2) is 18.2 Å². The second-order valence-corrected chi connectivity index (χ2v) is 5.81. The summed E-state index contributed by atoms with van der Waals surface area (Å²) in [7, 11) is 0. The van der Waals surface area contributed by atoms with Gasteiger partial charge in [-0.25, -0.2) is 4.79 Å². The summed E-state index contributed by atoms with van der Waals surface area (Å²) in [5.74, 6) is -0.335. The molecule has 1 aliphatic heterocycles. The van der Waals surface area contributed by atoms with E-state index in [0.717, 1.165) is 11.1 Å². The van der Waals surface area contributed by atoms with Crippen LogP contribution in [0.5, 0.6) is 0 Å². The monoisotopic (exact) mass is 305 g/mol. The molecule has 0 aromatic heterocycles. The van der Waals surface area contributed by atoms with E-state index in [-0.39, 0.29) is 18.6 Å². The largest absolute Gasteiger partial charge is 0.393 e. The highest BCUT2D eigenvalue weighted by Crippen LogP contribution is 2.14. The van der Waals surface area contributed by atoms with Gasteiger partial charge in [-0.3, -0.25) is 15.0 Å². The van der Waals surface area contributed by atoms with Gasteiger partial charge in [-0.2, -0.15) is 0 Å². The van der Waals surface area contributed by atoms with Crippen molar-refractivity contribution in [3.63, 3.8) is 0 Å². The van der Waals surface area contributed by atoms with Crippen molar-refractivity contribution in [1.29, 1.82) is 0 Å². The molecule has 1 heterocycles. The number of anilines is 1. The van der Waals surface area contributed by atoms with E-state index in [4.69, 9.17) is 0 Å². The predicted molar refractivity (Wildman–Crippen MR) is 84.8 cm³/mol. The maximum absolute atomic E-state index is 11.8. The van der Waals surface area contributed by atoms with Gasteiger partial charge in [-0.05, 0) is 49.9 Å². The second kappa shape index (κ2) is 7.38. The number of amides is 3. The number of aliphatic hydroxyl groups excluding tert-OH is 1. The number of piperidine rings is 1. The Hall–Kier alpha value is -1.92. The fourth-order valence-electron chi connectivity index (χ4n) is 2.43. The number of urea groups is 1. The number of rotatable bonds is 3. The van der Waals surface area contributed by atoms with Gasteiger partial charge in [0.15, 0.2) is 0 Å². The first kappa shape index (κ1) is 16.5. The highest BCUT2D eigenvalue weighted by molar-refractivity contribution is 6.01. The van der Waals surface area contributed by atoms with E-state index < -0.39 is 6.03 Å². The Morgan fingerprint density at radius 3 is 2.55 bits per heavy atom. The fourth-order valence-corrected chi connectivity index (χ4v) is 2.43. The van der Waals surface area contributed by atoms with Crippen LogP contribution in [0.2, 0.25) is 0 Å². The molecule has 0 atom stereocenters. The minimum absolute atomic E-state index is 0.174. The minimum Gasteiger partial charge on any atom is -0.393 e. The molecule has 0 aliphatic carbocycles. The van der Waals surface area contributed by atoms with Crippen molar-refractivity contribution >= 4 is 17.6 Å². The van der Waals surface area contributed by atoms with Crippen LogP contribution in [0.4, 0.5) is 10.5 Å². The third-order valence-corrected chi connectivity index (χ3v) is 3.94. The van der Waals surface area contributed by atoms with Gasteiger partial charge in [0.1, 0.15) is 0 Å². The predicted octanol–water partition coefficient (Wildman–Crippen LogP) is 1.41. The maximum Gasteiger partial charge on any atom is 0.325 e. The summed E-state index contributed by atoms with van der Waals surface area (Å²) in [4.78, 5) is 25.6.